The highest BCUT2D eigenvalue weighted by molar-refractivity contribution is 6.31. The van der Waals surface area contributed by atoms with Crippen molar-refractivity contribution in [1.29, 1.82) is 0 Å². The molecule has 3 N–H and O–H groups in total. The van der Waals surface area contributed by atoms with Crippen LogP contribution in [0.5, 0.6) is 0 Å². The fraction of sp³-hybridized carbons (Fsp3) is 0.250. The lowest BCUT2D eigenvalue weighted by Gasteiger charge is -2.43. The Labute approximate surface area is 202 Å². The Bertz CT molecular complexity index is 1330. The summed E-state index contributed by atoms with van der Waals surface area (Å²) < 4.78 is 42.2. The molecule has 0 radical (unpaired) electrons. The van der Waals surface area contributed by atoms with Gasteiger partial charge in [0.05, 0.1) is 17.3 Å². The molecule has 182 valence electrons. The molecule has 3 heterocycles. The van der Waals surface area contributed by atoms with E-state index in [4.69, 9.17) is 11.6 Å². The molecule has 1 saturated heterocycles. The van der Waals surface area contributed by atoms with Crippen molar-refractivity contribution in [3.63, 3.8) is 0 Å². The quantitative estimate of drug-likeness (QED) is 0.558. The molecule has 2 aromatic carbocycles. The number of hydrogen-bond donors (Lipinski definition) is 3. The monoisotopic (exact) mass is 505 g/mol. The van der Waals surface area contributed by atoms with Gasteiger partial charge in [0.25, 0.3) is 11.8 Å². The number of hydrogen-bond acceptors (Lipinski definition) is 5. The van der Waals surface area contributed by atoms with E-state index in [9.17, 15) is 33.0 Å². The van der Waals surface area contributed by atoms with Crippen LogP contribution in [0.1, 0.15) is 17.5 Å². The fourth-order valence-electron chi connectivity index (χ4n) is 4.68. The molecule has 0 saturated carbocycles. The lowest BCUT2D eigenvalue weighted by Crippen LogP contribution is -2.55. The number of piperazine rings is 1. The summed E-state index contributed by atoms with van der Waals surface area (Å²) in [7, 11) is 0. The summed E-state index contributed by atoms with van der Waals surface area (Å²) in [5.41, 5.74) is 0.195. The first-order valence-electron chi connectivity index (χ1n) is 10.8. The topological polar surface area (TPSA) is 93.1 Å². The Kier molecular flexibility index (Phi) is 5.72. The van der Waals surface area contributed by atoms with Gasteiger partial charge in [-0.2, -0.15) is 0 Å². The van der Waals surface area contributed by atoms with Gasteiger partial charge in [0.2, 0.25) is 0 Å². The molecule has 0 spiro atoms. The lowest BCUT2D eigenvalue weighted by molar-refractivity contribution is -0.121. The Hall–Kier alpha value is -3.50. The number of carbonyl (C=O) groups is 2. The van der Waals surface area contributed by atoms with E-state index in [1.807, 2.05) is 0 Å². The predicted molar refractivity (Wildman–Crippen MR) is 120 cm³/mol. The maximum atomic E-state index is 14.6. The number of anilines is 1. The average molecular weight is 506 g/mol. The molecule has 2 amide bonds. The number of fused-ring (bicyclic) bond motifs is 6. The summed E-state index contributed by atoms with van der Waals surface area (Å²) in [6.45, 7) is -0.249. The van der Waals surface area contributed by atoms with E-state index in [1.54, 1.807) is 12.1 Å². The summed E-state index contributed by atoms with van der Waals surface area (Å²) >= 11 is 5.57. The van der Waals surface area contributed by atoms with Gasteiger partial charge >= 0.3 is 0 Å². The van der Waals surface area contributed by atoms with Crippen molar-refractivity contribution in [1.82, 2.24) is 10.2 Å². The first-order chi connectivity index (χ1) is 16.7. The van der Waals surface area contributed by atoms with Gasteiger partial charge in [-0.3, -0.25) is 9.59 Å². The highest BCUT2D eigenvalue weighted by Crippen LogP contribution is 2.39. The van der Waals surface area contributed by atoms with Crippen LogP contribution >= 0.6 is 11.6 Å². The van der Waals surface area contributed by atoms with E-state index in [2.05, 4.69) is 5.32 Å². The third kappa shape index (κ3) is 3.73. The SMILES string of the molecule is O=C(NCc1ccc(F)c(Cl)c1F)C1=CN2C(=C(O)C1O)C(=O)N1CC2CCc2cccc(F)c21. The molecule has 3 aliphatic rings. The van der Waals surface area contributed by atoms with Gasteiger partial charge in [-0.1, -0.05) is 29.8 Å². The van der Waals surface area contributed by atoms with Crippen LogP contribution in [0.2, 0.25) is 5.02 Å². The molecule has 7 nitrogen and oxygen atoms in total. The molecule has 2 bridgehead atoms. The summed E-state index contributed by atoms with van der Waals surface area (Å²) in [6.07, 6.45) is 0.370. The zero-order valence-corrected chi connectivity index (χ0v) is 18.8. The minimum Gasteiger partial charge on any atom is -0.507 e. The molecular weight excluding hydrogens is 487 g/mol. The summed E-state index contributed by atoms with van der Waals surface area (Å²) in [6, 6.07) is 6.22. The van der Waals surface area contributed by atoms with Crippen molar-refractivity contribution in [3.05, 3.63) is 87.2 Å². The Morgan fingerprint density at radius 1 is 1.17 bits per heavy atom. The summed E-state index contributed by atoms with van der Waals surface area (Å²) in [4.78, 5) is 28.8. The maximum absolute atomic E-state index is 14.6. The van der Waals surface area contributed by atoms with Crippen LogP contribution in [0, 0.1) is 17.5 Å². The largest absolute Gasteiger partial charge is 0.507 e. The fourth-order valence-corrected chi connectivity index (χ4v) is 4.87. The zero-order valence-electron chi connectivity index (χ0n) is 18.1. The Balaban J connectivity index is 1.43. The van der Waals surface area contributed by atoms with Crippen LogP contribution < -0.4 is 10.2 Å². The van der Waals surface area contributed by atoms with Gasteiger partial charge in [-0.25, -0.2) is 13.2 Å². The van der Waals surface area contributed by atoms with E-state index in [-0.39, 0.29) is 35.6 Å². The Morgan fingerprint density at radius 3 is 2.71 bits per heavy atom. The molecule has 1 fully saturated rings. The molecule has 3 aliphatic heterocycles. The number of aryl methyl sites for hydroxylation is 1. The number of nitrogens with one attached hydrogen (secondary N) is 1. The second-order valence-electron chi connectivity index (χ2n) is 8.50. The number of nitrogens with zero attached hydrogens (tertiary/aromatic N) is 2. The van der Waals surface area contributed by atoms with Crippen LogP contribution in [-0.4, -0.2) is 45.6 Å². The van der Waals surface area contributed by atoms with Gasteiger partial charge < -0.3 is 25.3 Å². The predicted octanol–water partition coefficient (Wildman–Crippen LogP) is 3.07. The van der Waals surface area contributed by atoms with Crippen LogP contribution in [0.15, 0.2) is 53.6 Å². The number of carbonyl (C=O) groups excluding carboxylic acids is 2. The average Bonchev–Trinajstić information content (AvgIpc) is 3.01. The first kappa shape index (κ1) is 23.3. The van der Waals surface area contributed by atoms with Crippen LogP contribution in [0.3, 0.4) is 0 Å². The number of para-hydroxylation sites is 1. The molecule has 0 aliphatic carbocycles. The second kappa shape index (κ2) is 8.62. The van der Waals surface area contributed by atoms with E-state index in [0.29, 0.717) is 18.4 Å². The highest BCUT2D eigenvalue weighted by Gasteiger charge is 2.45. The van der Waals surface area contributed by atoms with Gasteiger partial charge in [-0.15, -0.1) is 0 Å². The van der Waals surface area contributed by atoms with Crippen molar-refractivity contribution in [2.45, 2.75) is 31.5 Å². The number of aliphatic hydroxyl groups is 2. The number of aliphatic hydroxyl groups excluding tert-OH is 2. The highest BCUT2D eigenvalue weighted by atomic mass is 35.5. The molecule has 2 aromatic rings. The van der Waals surface area contributed by atoms with Crippen LogP contribution in [0.4, 0.5) is 18.9 Å². The number of halogens is 4. The molecule has 2 unspecified atom stereocenters. The lowest BCUT2D eigenvalue weighted by atomic mass is 9.97. The van der Waals surface area contributed by atoms with Gasteiger partial charge in [0, 0.05) is 24.9 Å². The van der Waals surface area contributed by atoms with Gasteiger partial charge in [0.15, 0.2) is 5.76 Å². The van der Waals surface area contributed by atoms with Crippen LogP contribution in [0.25, 0.3) is 0 Å². The van der Waals surface area contributed by atoms with Crippen molar-refractivity contribution in [2.75, 3.05) is 11.4 Å². The number of rotatable bonds is 3. The standard InChI is InChI=1S/C24H19ClF3N3O4/c25-17-15(26)7-5-12(18(17)28)8-29-23(34)14-10-30-13-6-4-11-2-1-3-16(27)19(11)31(9-13)24(35)20(30)22(33)21(14)32/h1-3,5,7,10,13,21,32-33H,4,6,8-9H2,(H,29,34). The molecule has 35 heavy (non-hydrogen) atoms. The zero-order chi connectivity index (χ0) is 25.0. The van der Waals surface area contributed by atoms with Crippen molar-refractivity contribution in [2.24, 2.45) is 0 Å². The van der Waals surface area contributed by atoms with E-state index >= 15 is 0 Å². The van der Waals surface area contributed by atoms with E-state index in [1.165, 1.54) is 22.1 Å². The number of benzene rings is 2. The minimum absolute atomic E-state index is 0.0801. The normalized spacial score (nSPS) is 21.3. The molecule has 2 atom stereocenters. The summed E-state index contributed by atoms with van der Waals surface area (Å²) in [5.74, 6) is -4.81. The maximum Gasteiger partial charge on any atom is 0.278 e. The van der Waals surface area contributed by atoms with Crippen molar-refractivity contribution < 1.29 is 33.0 Å². The molecule has 0 aromatic heterocycles. The van der Waals surface area contributed by atoms with Gasteiger partial charge in [0.1, 0.15) is 34.3 Å². The van der Waals surface area contributed by atoms with E-state index in [0.717, 1.165) is 12.1 Å². The summed E-state index contributed by atoms with van der Waals surface area (Å²) in [5, 5.41) is 23.1. The molecule has 11 heteroatoms. The second-order valence-corrected chi connectivity index (χ2v) is 8.88. The number of amides is 2. The third-order valence-electron chi connectivity index (χ3n) is 6.47. The molecule has 5 rings (SSSR count). The van der Waals surface area contributed by atoms with Crippen molar-refractivity contribution >= 4 is 29.1 Å². The van der Waals surface area contributed by atoms with Gasteiger partial charge in [-0.05, 0) is 30.5 Å². The smallest absolute Gasteiger partial charge is 0.278 e. The van der Waals surface area contributed by atoms with E-state index < -0.39 is 52.2 Å². The first-order valence-corrected chi connectivity index (χ1v) is 11.2. The van der Waals surface area contributed by atoms with Crippen molar-refractivity contribution in [3.8, 4) is 0 Å². The minimum atomic E-state index is -1.84. The Morgan fingerprint density at radius 2 is 1.94 bits per heavy atom. The third-order valence-corrected chi connectivity index (χ3v) is 6.82. The molecular formula is C24H19ClF3N3O4. The van der Waals surface area contributed by atoms with Crippen LogP contribution in [-0.2, 0) is 22.6 Å².